The Labute approximate surface area is 206 Å². The Balaban J connectivity index is 1.48. The minimum atomic E-state index is -0.387. The molecule has 6 rings (SSSR count). The fraction of sp³-hybridized carbons (Fsp3) is 0.269. The molecule has 9 nitrogen and oxygen atoms in total. The Hall–Kier alpha value is -4.18. The highest BCUT2D eigenvalue weighted by Gasteiger charge is 2.24. The van der Waals surface area contributed by atoms with Crippen molar-refractivity contribution in [3.05, 3.63) is 70.9 Å². The van der Waals surface area contributed by atoms with E-state index >= 15 is 4.39 Å². The number of halogens is 1. The van der Waals surface area contributed by atoms with Crippen molar-refractivity contribution >= 4 is 33.3 Å². The summed E-state index contributed by atoms with van der Waals surface area (Å²) in [6.07, 6.45) is 2.92. The zero-order chi connectivity index (χ0) is 24.8. The van der Waals surface area contributed by atoms with E-state index < -0.39 is 0 Å². The predicted molar refractivity (Wildman–Crippen MR) is 138 cm³/mol. The van der Waals surface area contributed by atoms with E-state index in [-0.39, 0.29) is 22.9 Å². The minimum absolute atomic E-state index is 0.212. The number of anilines is 2. The molecule has 0 radical (unpaired) electrons. The van der Waals surface area contributed by atoms with Gasteiger partial charge in [0.15, 0.2) is 12.2 Å². The van der Waals surface area contributed by atoms with Crippen LogP contribution in [0.4, 0.5) is 15.8 Å². The fourth-order valence-electron chi connectivity index (χ4n) is 4.79. The van der Waals surface area contributed by atoms with E-state index in [9.17, 15) is 4.79 Å². The van der Waals surface area contributed by atoms with E-state index in [4.69, 9.17) is 4.42 Å². The number of hydrogen-bond acceptors (Lipinski definition) is 7. The Kier molecular flexibility index (Phi) is 5.45. The van der Waals surface area contributed by atoms with Crippen molar-refractivity contribution in [1.82, 2.24) is 24.8 Å². The lowest BCUT2D eigenvalue weighted by Gasteiger charge is -2.34. The van der Waals surface area contributed by atoms with Crippen molar-refractivity contribution < 1.29 is 8.81 Å². The van der Waals surface area contributed by atoms with Crippen LogP contribution >= 0.6 is 0 Å². The third-order valence-corrected chi connectivity index (χ3v) is 6.83. The molecule has 1 aliphatic heterocycles. The average molecular weight is 488 g/mol. The number of H-pyrrole nitrogens is 2. The molecule has 10 heteroatoms. The SMILES string of the molecule is CC(Nc1c(-c2nc3c(F)c(N4CCN(C)CC4)ccc3[nH]2)c(=O)[nH]c2ccccc12)c1cocn1. The molecule has 1 unspecified atom stereocenters. The van der Waals surface area contributed by atoms with Crippen LogP contribution in [0.5, 0.6) is 0 Å². The van der Waals surface area contributed by atoms with Crippen LogP contribution in [0.25, 0.3) is 33.3 Å². The van der Waals surface area contributed by atoms with Gasteiger partial charge in [-0.15, -0.1) is 0 Å². The first kappa shape index (κ1) is 22.3. The molecule has 184 valence electrons. The molecule has 3 aromatic heterocycles. The molecule has 0 aliphatic carbocycles. The highest BCUT2D eigenvalue weighted by atomic mass is 19.1. The Bertz CT molecular complexity index is 1600. The van der Waals surface area contributed by atoms with Crippen molar-refractivity contribution in [2.75, 3.05) is 43.4 Å². The van der Waals surface area contributed by atoms with Crippen LogP contribution in [-0.2, 0) is 0 Å². The number of aromatic amines is 2. The molecule has 1 fully saturated rings. The molecule has 0 saturated carbocycles. The predicted octanol–water partition coefficient (Wildman–Crippen LogP) is 4.12. The number of oxazole rings is 1. The summed E-state index contributed by atoms with van der Waals surface area (Å²) in [6, 6.07) is 10.9. The third kappa shape index (κ3) is 3.79. The molecule has 0 bridgehead atoms. The highest BCUT2D eigenvalue weighted by molar-refractivity contribution is 5.99. The maximum atomic E-state index is 15.7. The molecule has 1 atom stereocenters. The second kappa shape index (κ2) is 8.80. The lowest BCUT2D eigenvalue weighted by Crippen LogP contribution is -2.44. The molecule has 2 aromatic carbocycles. The highest BCUT2D eigenvalue weighted by Crippen LogP contribution is 2.35. The number of piperazine rings is 1. The number of likely N-dealkylation sites (N-methyl/N-ethyl adjacent to an activating group) is 1. The standard InChI is InChI=1S/C26H26FN7O2/c1-15(19-13-36-14-28-19)29-23-16-5-3-4-6-17(16)31-26(35)21(23)25-30-18-7-8-20(22(27)24(18)32-25)34-11-9-33(2)10-12-34/h3-8,13-15H,9-12H2,1-2H3,(H,30,32)(H2,29,31,35). The summed E-state index contributed by atoms with van der Waals surface area (Å²) < 4.78 is 20.8. The van der Waals surface area contributed by atoms with Crippen LogP contribution in [0.15, 0.2) is 58.3 Å². The van der Waals surface area contributed by atoms with E-state index in [0.717, 1.165) is 31.6 Å². The number of benzene rings is 2. The average Bonchev–Trinajstić information content (AvgIpc) is 3.56. The van der Waals surface area contributed by atoms with Crippen LogP contribution in [-0.4, -0.2) is 58.1 Å². The number of fused-ring (bicyclic) bond motifs is 2. The van der Waals surface area contributed by atoms with Gasteiger partial charge in [0.05, 0.1) is 28.5 Å². The molecule has 1 aliphatic rings. The second-order valence-corrected chi connectivity index (χ2v) is 9.20. The van der Waals surface area contributed by atoms with E-state index in [2.05, 4.69) is 37.2 Å². The van der Waals surface area contributed by atoms with Gasteiger partial charge in [-0.25, -0.2) is 14.4 Å². The number of para-hydroxylation sites is 1. The fourth-order valence-corrected chi connectivity index (χ4v) is 4.79. The molecule has 3 N–H and O–H groups in total. The summed E-state index contributed by atoms with van der Waals surface area (Å²) in [5, 5.41) is 4.22. The smallest absolute Gasteiger partial charge is 0.261 e. The van der Waals surface area contributed by atoms with Gasteiger partial charge in [-0.3, -0.25) is 4.79 Å². The van der Waals surface area contributed by atoms with E-state index in [1.807, 2.05) is 42.2 Å². The minimum Gasteiger partial charge on any atom is -0.451 e. The molecule has 1 saturated heterocycles. The summed E-state index contributed by atoms with van der Waals surface area (Å²) in [4.78, 5) is 32.5. The summed E-state index contributed by atoms with van der Waals surface area (Å²) >= 11 is 0. The number of pyridine rings is 1. The van der Waals surface area contributed by atoms with Crippen molar-refractivity contribution in [2.45, 2.75) is 13.0 Å². The zero-order valence-corrected chi connectivity index (χ0v) is 20.0. The number of nitrogens with one attached hydrogen (secondary N) is 3. The maximum absolute atomic E-state index is 15.7. The molecule has 0 spiro atoms. The third-order valence-electron chi connectivity index (χ3n) is 6.83. The Morgan fingerprint density at radius 2 is 1.89 bits per heavy atom. The van der Waals surface area contributed by atoms with Gasteiger partial charge in [0.2, 0.25) is 0 Å². The van der Waals surface area contributed by atoms with Crippen molar-refractivity contribution in [2.24, 2.45) is 0 Å². The number of hydrogen-bond donors (Lipinski definition) is 3. The van der Waals surface area contributed by atoms with Gasteiger partial charge in [0.25, 0.3) is 5.56 Å². The van der Waals surface area contributed by atoms with Gasteiger partial charge in [-0.1, -0.05) is 18.2 Å². The summed E-state index contributed by atoms with van der Waals surface area (Å²) in [5.74, 6) is -0.0940. The molecule has 36 heavy (non-hydrogen) atoms. The van der Waals surface area contributed by atoms with Crippen LogP contribution < -0.4 is 15.8 Å². The topological polar surface area (TPSA) is 106 Å². The van der Waals surface area contributed by atoms with E-state index in [1.165, 1.54) is 6.39 Å². The molecule has 4 heterocycles. The summed E-state index contributed by atoms with van der Waals surface area (Å²) in [5.41, 5.74) is 3.21. The Morgan fingerprint density at radius 3 is 2.67 bits per heavy atom. The van der Waals surface area contributed by atoms with Gasteiger partial charge in [0.1, 0.15) is 28.9 Å². The van der Waals surface area contributed by atoms with Gasteiger partial charge in [-0.05, 0) is 32.2 Å². The van der Waals surface area contributed by atoms with Crippen LogP contribution in [0, 0.1) is 5.82 Å². The van der Waals surface area contributed by atoms with Gasteiger partial charge < -0.3 is 29.5 Å². The summed E-state index contributed by atoms with van der Waals surface area (Å²) in [7, 11) is 2.06. The molecular weight excluding hydrogens is 461 g/mol. The molecule has 0 amide bonds. The van der Waals surface area contributed by atoms with Gasteiger partial charge in [0, 0.05) is 31.6 Å². The first-order valence-electron chi connectivity index (χ1n) is 11.9. The van der Waals surface area contributed by atoms with Gasteiger partial charge >= 0.3 is 0 Å². The van der Waals surface area contributed by atoms with Gasteiger partial charge in [-0.2, -0.15) is 0 Å². The van der Waals surface area contributed by atoms with E-state index in [0.29, 0.717) is 39.5 Å². The molecule has 5 aromatic rings. The normalized spacial score (nSPS) is 15.6. The monoisotopic (exact) mass is 487 g/mol. The molecular formula is C26H26FN7O2. The quantitative estimate of drug-likeness (QED) is 0.342. The van der Waals surface area contributed by atoms with Crippen LogP contribution in [0.3, 0.4) is 0 Å². The van der Waals surface area contributed by atoms with Crippen molar-refractivity contribution in [3.63, 3.8) is 0 Å². The largest absolute Gasteiger partial charge is 0.451 e. The first-order valence-corrected chi connectivity index (χ1v) is 11.9. The maximum Gasteiger partial charge on any atom is 0.261 e. The van der Waals surface area contributed by atoms with Crippen LogP contribution in [0.1, 0.15) is 18.7 Å². The van der Waals surface area contributed by atoms with E-state index in [1.54, 1.807) is 12.3 Å². The number of nitrogens with zero attached hydrogens (tertiary/aromatic N) is 4. The van der Waals surface area contributed by atoms with Crippen molar-refractivity contribution in [3.8, 4) is 11.4 Å². The lowest BCUT2D eigenvalue weighted by atomic mass is 10.1. The van der Waals surface area contributed by atoms with Crippen molar-refractivity contribution in [1.29, 1.82) is 0 Å². The van der Waals surface area contributed by atoms with Crippen LogP contribution in [0.2, 0.25) is 0 Å². The lowest BCUT2D eigenvalue weighted by molar-refractivity contribution is 0.312. The summed E-state index contributed by atoms with van der Waals surface area (Å²) in [6.45, 7) is 5.16. The first-order chi connectivity index (χ1) is 17.5. The number of aromatic nitrogens is 4. The second-order valence-electron chi connectivity index (χ2n) is 9.20. The Morgan fingerprint density at radius 1 is 1.08 bits per heavy atom. The zero-order valence-electron chi connectivity index (χ0n) is 20.0. The number of rotatable bonds is 5. The number of imidazole rings is 1.